The van der Waals surface area contributed by atoms with E-state index in [-0.39, 0.29) is 0 Å². The fourth-order valence-corrected chi connectivity index (χ4v) is 2.90. The Hall–Kier alpha value is -1.00. The maximum absolute atomic E-state index is 13.8. The van der Waals surface area contributed by atoms with Gasteiger partial charge < -0.3 is 5.32 Å². The topological polar surface area (TPSA) is 15.3 Å². The molecule has 4 heteroatoms. The average molecular weight is 282 g/mol. The van der Waals surface area contributed by atoms with Gasteiger partial charge in [-0.25, -0.2) is 8.78 Å². The number of piperazine rings is 1. The molecule has 1 aromatic rings. The first-order valence-electron chi connectivity index (χ1n) is 7.56. The first-order chi connectivity index (χ1) is 9.65. The normalized spacial score (nSPS) is 24.0. The van der Waals surface area contributed by atoms with Crippen LogP contribution in [-0.4, -0.2) is 30.1 Å². The van der Waals surface area contributed by atoms with Gasteiger partial charge in [0.2, 0.25) is 0 Å². The molecular weight excluding hydrogens is 258 g/mol. The Morgan fingerprint density at radius 3 is 2.80 bits per heavy atom. The van der Waals surface area contributed by atoms with Crippen molar-refractivity contribution < 1.29 is 8.78 Å². The Balaban J connectivity index is 2.12. The SMILES string of the molecule is CCCC1CNC(CC)CN1Cc1cccc(F)c1F. The van der Waals surface area contributed by atoms with Gasteiger partial charge in [-0.05, 0) is 18.9 Å². The molecule has 1 aliphatic heterocycles. The molecule has 1 heterocycles. The third kappa shape index (κ3) is 3.55. The highest BCUT2D eigenvalue weighted by Crippen LogP contribution is 2.20. The van der Waals surface area contributed by atoms with E-state index in [2.05, 4.69) is 24.1 Å². The minimum Gasteiger partial charge on any atom is -0.311 e. The number of nitrogens with one attached hydrogen (secondary N) is 1. The monoisotopic (exact) mass is 282 g/mol. The number of benzene rings is 1. The first-order valence-corrected chi connectivity index (χ1v) is 7.56. The Morgan fingerprint density at radius 1 is 1.30 bits per heavy atom. The van der Waals surface area contributed by atoms with Gasteiger partial charge in [-0.15, -0.1) is 0 Å². The molecule has 112 valence electrons. The molecule has 2 nitrogen and oxygen atoms in total. The summed E-state index contributed by atoms with van der Waals surface area (Å²) in [6, 6.07) is 5.30. The van der Waals surface area contributed by atoms with Crippen LogP contribution in [0.5, 0.6) is 0 Å². The quantitative estimate of drug-likeness (QED) is 0.891. The van der Waals surface area contributed by atoms with Crippen molar-refractivity contribution >= 4 is 0 Å². The molecule has 1 aliphatic rings. The van der Waals surface area contributed by atoms with Crippen molar-refractivity contribution in [1.29, 1.82) is 0 Å². The highest BCUT2D eigenvalue weighted by Gasteiger charge is 2.27. The third-order valence-electron chi connectivity index (χ3n) is 4.13. The largest absolute Gasteiger partial charge is 0.311 e. The molecule has 2 unspecified atom stereocenters. The summed E-state index contributed by atoms with van der Waals surface area (Å²) in [4.78, 5) is 2.30. The van der Waals surface area contributed by atoms with Crippen LogP contribution in [0, 0.1) is 11.6 Å². The van der Waals surface area contributed by atoms with E-state index in [4.69, 9.17) is 0 Å². The molecule has 20 heavy (non-hydrogen) atoms. The summed E-state index contributed by atoms with van der Waals surface area (Å²) in [5.41, 5.74) is 0.461. The molecule has 0 aromatic heterocycles. The van der Waals surface area contributed by atoms with Crippen LogP contribution in [-0.2, 0) is 6.54 Å². The Morgan fingerprint density at radius 2 is 2.10 bits per heavy atom. The number of hydrogen-bond acceptors (Lipinski definition) is 2. The second-order valence-corrected chi connectivity index (χ2v) is 5.60. The molecule has 2 atom stereocenters. The fraction of sp³-hybridized carbons (Fsp3) is 0.625. The van der Waals surface area contributed by atoms with Crippen LogP contribution in [0.25, 0.3) is 0 Å². The summed E-state index contributed by atoms with van der Waals surface area (Å²) < 4.78 is 27.1. The summed E-state index contributed by atoms with van der Waals surface area (Å²) >= 11 is 0. The lowest BCUT2D eigenvalue weighted by Crippen LogP contribution is -2.55. The Bertz CT molecular complexity index is 436. The van der Waals surface area contributed by atoms with Crippen LogP contribution < -0.4 is 5.32 Å². The number of hydrogen-bond donors (Lipinski definition) is 1. The van der Waals surface area contributed by atoms with E-state index in [1.54, 1.807) is 12.1 Å². The maximum atomic E-state index is 13.8. The Kier molecular flexibility index (Phi) is 5.49. The summed E-state index contributed by atoms with van der Waals surface area (Å²) in [6.45, 7) is 6.64. The van der Waals surface area contributed by atoms with E-state index in [9.17, 15) is 8.78 Å². The van der Waals surface area contributed by atoms with Crippen LogP contribution in [0.3, 0.4) is 0 Å². The molecule has 0 amide bonds. The number of rotatable bonds is 5. The molecule has 0 saturated carbocycles. The Labute approximate surface area is 120 Å². The van der Waals surface area contributed by atoms with E-state index in [1.807, 2.05) is 0 Å². The molecule has 1 fully saturated rings. The van der Waals surface area contributed by atoms with Crippen LogP contribution in [0.1, 0.15) is 38.7 Å². The summed E-state index contributed by atoms with van der Waals surface area (Å²) in [7, 11) is 0. The van der Waals surface area contributed by atoms with Crippen molar-refractivity contribution in [2.75, 3.05) is 13.1 Å². The predicted octanol–water partition coefficient (Wildman–Crippen LogP) is 3.32. The lowest BCUT2D eigenvalue weighted by atomic mass is 10.0. The van der Waals surface area contributed by atoms with Gasteiger partial charge in [0, 0.05) is 37.3 Å². The van der Waals surface area contributed by atoms with E-state index >= 15 is 0 Å². The minimum atomic E-state index is -0.753. The zero-order chi connectivity index (χ0) is 14.5. The molecule has 0 radical (unpaired) electrons. The number of halogens is 2. The van der Waals surface area contributed by atoms with Gasteiger partial charge in [0.25, 0.3) is 0 Å². The van der Waals surface area contributed by atoms with Crippen LogP contribution in [0.4, 0.5) is 8.78 Å². The van der Waals surface area contributed by atoms with Crippen molar-refractivity contribution in [3.8, 4) is 0 Å². The van der Waals surface area contributed by atoms with Crippen molar-refractivity contribution in [2.45, 2.75) is 51.7 Å². The van der Waals surface area contributed by atoms with Crippen molar-refractivity contribution in [3.05, 3.63) is 35.4 Å². The first kappa shape index (κ1) is 15.4. The van der Waals surface area contributed by atoms with Crippen LogP contribution in [0.2, 0.25) is 0 Å². The fourth-order valence-electron chi connectivity index (χ4n) is 2.90. The summed E-state index contributed by atoms with van der Waals surface area (Å²) in [5.74, 6) is -1.45. The van der Waals surface area contributed by atoms with E-state index in [0.717, 1.165) is 32.4 Å². The molecule has 1 aromatic carbocycles. The van der Waals surface area contributed by atoms with E-state index in [0.29, 0.717) is 24.2 Å². The highest BCUT2D eigenvalue weighted by atomic mass is 19.2. The predicted molar refractivity (Wildman–Crippen MR) is 77.5 cm³/mol. The summed E-state index contributed by atoms with van der Waals surface area (Å²) in [6.07, 6.45) is 3.24. The third-order valence-corrected chi connectivity index (χ3v) is 4.13. The van der Waals surface area contributed by atoms with Gasteiger partial charge in [0.1, 0.15) is 0 Å². The van der Waals surface area contributed by atoms with Crippen molar-refractivity contribution in [2.24, 2.45) is 0 Å². The lowest BCUT2D eigenvalue weighted by Gasteiger charge is -2.40. The summed E-state index contributed by atoms with van der Waals surface area (Å²) in [5, 5.41) is 3.54. The van der Waals surface area contributed by atoms with Gasteiger partial charge in [0.05, 0.1) is 0 Å². The molecule has 0 aliphatic carbocycles. The lowest BCUT2D eigenvalue weighted by molar-refractivity contribution is 0.112. The second kappa shape index (κ2) is 7.14. The smallest absolute Gasteiger partial charge is 0.163 e. The second-order valence-electron chi connectivity index (χ2n) is 5.60. The molecular formula is C16H24F2N2. The maximum Gasteiger partial charge on any atom is 0.163 e. The van der Waals surface area contributed by atoms with Crippen LogP contribution in [0.15, 0.2) is 18.2 Å². The zero-order valence-corrected chi connectivity index (χ0v) is 12.3. The van der Waals surface area contributed by atoms with Gasteiger partial charge in [-0.2, -0.15) is 0 Å². The molecule has 0 spiro atoms. The van der Waals surface area contributed by atoms with Gasteiger partial charge in [-0.3, -0.25) is 4.90 Å². The van der Waals surface area contributed by atoms with Crippen molar-refractivity contribution in [1.82, 2.24) is 10.2 Å². The minimum absolute atomic E-state index is 0.408. The van der Waals surface area contributed by atoms with Gasteiger partial charge in [0.15, 0.2) is 11.6 Å². The van der Waals surface area contributed by atoms with Crippen LogP contribution >= 0.6 is 0 Å². The van der Waals surface area contributed by atoms with Gasteiger partial charge in [-0.1, -0.05) is 32.4 Å². The van der Waals surface area contributed by atoms with Crippen molar-refractivity contribution in [3.63, 3.8) is 0 Å². The van der Waals surface area contributed by atoms with E-state index < -0.39 is 11.6 Å². The highest BCUT2D eigenvalue weighted by molar-refractivity contribution is 5.19. The zero-order valence-electron chi connectivity index (χ0n) is 12.3. The molecule has 0 bridgehead atoms. The average Bonchev–Trinajstić information content (AvgIpc) is 2.46. The standard InChI is InChI=1S/C16H24F2N2/c1-3-6-14-9-19-13(4-2)11-20(14)10-12-7-5-8-15(17)16(12)18/h5,7-8,13-14,19H,3-4,6,9-11H2,1-2H3. The molecule has 2 rings (SSSR count). The molecule has 1 saturated heterocycles. The van der Waals surface area contributed by atoms with E-state index in [1.165, 1.54) is 6.07 Å². The van der Waals surface area contributed by atoms with Gasteiger partial charge >= 0.3 is 0 Å². The molecule has 1 N–H and O–H groups in total. The number of nitrogens with zero attached hydrogens (tertiary/aromatic N) is 1.